The van der Waals surface area contributed by atoms with Gasteiger partial charge < -0.3 is 25.4 Å². The number of benzene rings is 2. The van der Waals surface area contributed by atoms with E-state index >= 15 is 4.39 Å². The number of ketones is 2. The molecule has 1 aliphatic heterocycles. The summed E-state index contributed by atoms with van der Waals surface area (Å²) in [5.74, 6) is 4.48. The topological polar surface area (TPSA) is 119 Å². The van der Waals surface area contributed by atoms with Gasteiger partial charge in [-0.15, -0.1) is 0 Å². The molecule has 1 heterocycles. The fourth-order valence-corrected chi connectivity index (χ4v) is 9.41. The van der Waals surface area contributed by atoms with Crippen LogP contribution in [0.15, 0.2) is 66.3 Å². The summed E-state index contributed by atoms with van der Waals surface area (Å²) < 4.78 is 28.9. The lowest BCUT2D eigenvalue weighted by molar-refractivity contribution is -0.201. The highest BCUT2D eigenvalue weighted by molar-refractivity contribution is 6.01. The second kappa shape index (κ2) is 10.2. The van der Waals surface area contributed by atoms with Crippen LogP contribution in [-0.2, 0) is 19.1 Å². The maximum absolute atomic E-state index is 15.9. The molecule has 2 aromatic carbocycles. The Hall–Kier alpha value is -3.61. The number of aliphatic hydroxyl groups is 2. The Bertz CT molecular complexity index is 1690. The van der Waals surface area contributed by atoms with E-state index in [4.69, 9.17) is 15.2 Å². The third-order valence-electron chi connectivity index (χ3n) is 11.3. The van der Waals surface area contributed by atoms with Crippen LogP contribution in [0.5, 0.6) is 0 Å². The minimum atomic E-state index is -1.56. The number of halogens is 1. The summed E-state index contributed by atoms with van der Waals surface area (Å²) in [6.45, 7) is 3.28. The number of fused-ring (bicyclic) bond motifs is 7. The smallest absolute Gasteiger partial charge is 0.193 e. The van der Waals surface area contributed by atoms with Gasteiger partial charge in [-0.1, -0.05) is 55.5 Å². The van der Waals surface area contributed by atoms with Crippen LogP contribution < -0.4 is 5.73 Å². The molecular weight excluding hydrogens is 561 g/mol. The van der Waals surface area contributed by atoms with E-state index in [9.17, 15) is 19.8 Å². The number of carbonyl (C=O) groups excluding carboxylic acids is 2. The maximum Gasteiger partial charge on any atom is 0.193 e. The molecule has 228 valence electrons. The van der Waals surface area contributed by atoms with Gasteiger partial charge in [0.1, 0.15) is 12.4 Å². The molecule has 0 amide bonds. The molecule has 7 rings (SSSR count). The average Bonchev–Trinajstić information content (AvgIpc) is 3.49. The first-order valence-electron chi connectivity index (χ1n) is 15.3. The molecule has 9 atom stereocenters. The van der Waals surface area contributed by atoms with E-state index in [1.54, 1.807) is 54.6 Å². The lowest BCUT2D eigenvalue weighted by atomic mass is 9.46. The molecule has 4 fully saturated rings. The molecule has 0 bridgehead atoms. The maximum atomic E-state index is 15.9. The number of anilines is 1. The molecule has 0 aromatic heterocycles. The number of Topliss-reactive ketones (excluding diaryl/α,β-unsaturated/α-hetero) is 1. The number of nitrogen functional groups attached to an aromatic ring is 1. The van der Waals surface area contributed by atoms with Crippen LogP contribution in [0.2, 0.25) is 0 Å². The molecule has 0 unspecified atom stereocenters. The third kappa shape index (κ3) is 4.03. The van der Waals surface area contributed by atoms with Gasteiger partial charge in [-0.2, -0.15) is 0 Å². The highest BCUT2D eigenvalue weighted by atomic mass is 19.1. The van der Waals surface area contributed by atoms with E-state index in [1.165, 1.54) is 0 Å². The van der Waals surface area contributed by atoms with Gasteiger partial charge in [-0.3, -0.25) is 9.59 Å². The summed E-state index contributed by atoms with van der Waals surface area (Å²) in [5.41, 5.74) is 5.45. The highest BCUT2D eigenvalue weighted by Gasteiger charge is 2.76. The molecule has 0 spiro atoms. The Morgan fingerprint density at radius 3 is 2.75 bits per heavy atom. The van der Waals surface area contributed by atoms with Gasteiger partial charge in [0.05, 0.1) is 17.8 Å². The second-order valence-corrected chi connectivity index (χ2v) is 13.4. The van der Waals surface area contributed by atoms with E-state index in [2.05, 4.69) is 18.8 Å². The fraction of sp³-hybridized carbons (Fsp3) is 0.444. The summed E-state index contributed by atoms with van der Waals surface area (Å²) >= 11 is 0. The minimum absolute atomic E-state index is 0.0331. The van der Waals surface area contributed by atoms with Crippen molar-refractivity contribution in [2.75, 3.05) is 12.3 Å². The number of nitrogens with two attached hydrogens (primary N) is 1. The zero-order valence-corrected chi connectivity index (χ0v) is 24.8. The lowest BCUT2D eigenvalue weighted by Gasteiger charge is -2.59. The van der Waals surface area contributed by atoms with Crippen LogP contribution >= 0.6 is 0 Å². The Morgan fingerprint density at radius 2 is 1.98 bits per heavy atom. The zero-order chi connectivity index (χ0) is 31.0. The molecule has 44 heavy (non-hydrogen) atoms. The highest BCUT2D eigenvalue weighted by Crippen LogP contribution is 2.70. The first kappa shape index (κ1) is 29.1. The average molecular weight is 598 g/mol. The van der Waals surface area contributed by atoms with Crippen molar-refractivity contribution in [3.05, 3.63) is 88.8 Å². The van der Waals surface area contributed by atoms with Crippen molar-refractivity contribution in [1.29, 1.82) is 0 Å². The molecule has 1 saturated heterocycles. The van der Waals surface area contributed by atoms with Crippen molar-refractivity contribution < 1.29 is 33.7 Å². The molecule has 4 N–H and O–H groups in total. The standard InChI is InChI=1S/C36H36FNO6/c1-34-14-13-24(40)16-22(34)11-12-25-27-17-30-36(29(42)19-39,35(27,2)18-28(41)31(25)34)44-33(43-30)26-8-4-6-21(32(26)37)10-9-20-5-3-7-23(38)15-20/h3-8,13-16,25,27-28,30-31,33,39,41H,11-12,17-19,38H2,1-2H3/t25-,27-,28-,30+,31+,33-,34-,35-,36+/m0/s1. The predicted octanol–water partition coefficient (Wildman–Crippen LogP) is 4.41. The van der Waals surface area contributed by atoms with Crippen molar-refractivity contribution in [3.8, 4) is 11.8 Å². The molecule has 0 radical (unpaired) electrons. The van der Waals surface area contributed by atoms with E-state index in [-0.39, 0.29) is 41.1 Å². The van der Waals surface area contributed by atoms with Crippen LogP contribution in [0.1, 0.15) is 62.5 Å². The number of rotatable bonds is 3. The SMILES string of the molecule is C[C@]12C=CC(=O)C=C1CC[C@@H]1[C@@H]2[C@@H](O)C[C@@]2(C)[C@H]1C[C@H]1O[C@H](c3cccc(C#Cc4cccc(N)c4)c3F)O[C@]12C(=O)CO. The van der Waals surface area contributed by atoms with Gasteiger partial charge in [-0.25, -0.2) is 4.39 Å². The summed E-state index contributed by atoms with van der Waals surface area (Å²) in [6.07, 6.45) is 4.71. The van der Waals surface area contributed by atoms with Gasteiger partial charge in [0.15, 0.2) is 23.5 Å². The monoisotopic (exact) mass is 597 g/mol. The quantitative estimate of drug-likeness (QED) is 0.354. The van der Waals surface area contributed by atoms with Crippen LogP contribution in [0.3, 0.4) is 0 Å². The number of hydrogen-bond acceptors (Lipinski definition) is 7. The molecule has 2 aromatic rings. The minimum Gasteiger partial charge on any atom is -0.399 e. The Morgan fingerprint density at radius 1 is 1.18 bits per heavy atom. The van der Waals surface area contributed by atoms with Crippen molar-refractivity contribution in [2.45, 2.75) is 63.6 Å². The Kier molecular flexibility index (Phi) is 6.76. The fourth-order valence-electron chi connectivity index (χ4n) is 9.41. The summed E-state index contributed by atoms with van der Waals surface area (Å²) in [6, 6.07) is 11.8. The molecule has 5 aliphatic rings. The number of hydrogen-bond donors (Lipinski definition) is 3. The summed E-state index contributed by atoms with van der Waals surface area (Å²) in [5, 5.41) is 22.0. The van der Waals surface area contributed by atoms with Gasteiger partial charge in [0, 0.05) is 33.6 Å². The van der Waals surface area contributed by atoms with Crippen LogP contribution in [0.4, 0.5) is 10.1 Å². The zero-order valence-electron chi connectivity index (χ0n) is 24.8. The van der Waals surface area contributed by atoms with Crippen LogP contribution in [-0.4, -0.2) is 46.2 Å². The number of carbonyl (C=O) groups is 2. The predicted molar refractivity (Wildman–Crippen MR) is 160 cm³/mol. The van der Waals surface area contributed by atoms with Crippen LogP contribution in [0.25, 0.3) is 0 Å². The Labute approximate surface area is 255 Å². The molecule has 3 saturated carbocycles. The van der Waals surface area contributed by atoms with Crippen LogP contribution in [0, 0.1) is 46.2 Å². The van der Waals surface area contributed by atoms with Gasteiger partial charge in [-0.05, 0) is 73.9 Å². The van der Waals surface area contributed by atoms with E-state index in [0.717, 1.165) is 18.4 Å². The van der Waals surface area contributed by atoms with E-state index in [0.29, 0.717) is 17.7 Å². The molecule has 4 aliphatic carbocycles. The first-order chi connectivity index (χ1) is 21.0. The normalized spacial score (nSPS) is 38.5. The van der Waals surface area contributed by atoms with Crippen molar-refractivity contribution >= 4 is 17.3 Å². The molecule has 8 heteroatoms. The second-order valence-electron chi connectivity index (χ2n) is 13.4. The van der Waals surface area contributed by atoms with Gasteiger partial charge in [0.25, 0.3) is 0 Å². The number of allylic oxidation sites excluding steroid dienone is 4. The molecular formula is C36H36FNO6. The third-order valence-corrected chi connectivity index (χ3v) is 11.3. The molecule has 7 nitrogen and oxygen atoms in total. The van der Waals surface area contributed by atoms with Crippen molar-refractivity contribution in [1.82, 2.24) is 0 Å². The summed E-state index contributed by atoms with van der Waals surface area (Å²) in [7, 11) is 0. The first-order valence-corrected chi connectivity index (χ1v) is 15.3. The van der Waals surface area contributed by atoms with Gasteiger partial charge in [0.2, 0.25) is 0 Å². The van der Waals surface area contributed by atoms with E-state index in [1.807, 2.05) is 13.0 Å². The van der Waals surface area contributed by atoms with Crippen molar-refractivity contribution in [2.24, 2.45) is 28.6 Å². The Balaban J connectivity index is 1.23. The number of aliphatic hydroxyl groups excluding tert-OH is 2. The lowest BCUT2D eigenvalue weighted by Crippen LogP contribution is -2.63. The van der Waals surface area contributed by atoms with Gasteiger partial charge >= 0.3 is 0 Å². The van der Waals surface area contributed by atoms with E-state index < -0.39 is 53.1 Å². The summed E-state index contributed by atoms with van der Waals surface area (Å²) in [4.78, 5) is 25.9. The van der Waals surface area contributed by atoms with Crippen molar-refractivity contribution in [3.63, 3.8) is 0 Å². The largest absolute Gasteiger partial charge is 0.399 e. The number of ether oxygens (including phenoxy) is 2.